The molecular formula is C27H32N2O4. The Balaban J connectivity index is 1.75. The summed E-state index contributed by atoms with van der Waals surface area (Å²) in [4.78, 5) is 31.1. The molecule has 0 aliphatic carbocycles. The van der Waals surface area contributed by atoms with Crippen LogP contribution in [-0.4, -0.2) is 48.0 Å². The maximum absolute atomic E-state index is 13.5. The van der Waals surface area contributed by atoms with E-state index in [9.17, 15) is 9.59 Å². The van der Waals surface area contributed by atoms with E-state index in [1.807, 2.05) is 50.2 Å². The Morgan fingerprint density at radius 2 is 1.73 bits per heavy atom. The zero-order valence-electron chi connectivity index (χ0n) is 19.8. The lowest BCUT2D eigenvalue weighted by atomic mass is 9.98. The van der Waals surface area contributed by atoms with E-state index in [4.69, 9.17) is 9.15 Å². The number of amides is 1. The fourth-order valence-electron chi connectivity index (χ4n) is 4.55. The van der Waals surface area contributed by atoms with Crippen LogP contribution in [0, 0.1) is 0 Å². The monoisotopic (exact) mass is 448 g/mol. The Kier molecular flexibility index (Phi) is 6.84. The quantitative estimate of drug-likeness (QED) is 0.468. The first kappa shape index (κ1) is 23.1. The average molecular weight is 449 g/mol. The van der Waals surface area contributed by atoms with Gasteiger partial charge in [0.2, 0.25) is 5.76 Å². The van der Waals surface area contributed by atoms with Gasteiger partial charge in [0.1, 0.15) is 11.3 Å². The number of hydrogen-bond donors (Lipinski definition) is 0. The van der Waals surface area contributed by atoms with Crippen molar-refractivity contribution in [3.8, 4) is 5.75 Å². The molecule has 4 rings (SSSR count). The maximum Gasteiger partial charge on any atom is 0.290 e. The highest BCUT2D eigenvalue weighted by Crippen LogP contribution is 2.38. The summed E-state index contributed by atoms with van der Waals surface area (Å²) in [5.41, 5.74) is 1.61. The summed E-state index contributed by atoms with van der Waals surface area (Å²) >= 11 is 0. The number of hydrogen-bond acceptors (Lipinski definition) is 5. The fraction of sp³-hybridized carbons (Fsp3) is 0.407. The van der Waals surface area contributed by atoms with Gasteiger partial charge < -0.3 is 19.0 Å². The molecule has 3 aromatic rings. The van der Waals surface area contributed by atoms with Crippen molar-refractivity contribution in [3.05, 3.63) is 75.6 Å². The Bertz CT molecular complexity index is 1180. The van der Waals surface area contributed by atoms with Crippen LogP contribution in [0.5, 0.6) is 5.75 Å². The minimum absolute atomic E-state index is 0.0691. The number of carbonyl (C=O) groups is 1. The smallest absolute Gasteiger partial charge is 0.290 e. The van der Waals surface area contributed by atoms with Gasteiger partial charge in [0.05, 0.1) is 23.1 Å². The molecule has 0 fully saturated rings. The third-order valence-electron chi connectivity index (χ3n) is 6.21. The van der Waals surface area contributed by atoms with Gasteiger partial charge in [-0.1, -0.05) is 38.1 Å². The number of nitrogens with zero attached hydrogens (tertiary/aromatic N) is 2. The van der Waals surface area contributed by atoms with Crippen LogP contribution >= 0.6 is 0 Å². The highest BCUT2D eigenvalue weighted by atomic mass is 16.5. The Hall–Kier alpha value is -3.12. The summed E-state index contributed by atoms with van der Waals surface area (Å²) in [5, 5.41) is 0.499. The predicted molar refractivity (Wildman–Crippen MR) is 130 cm³/mol. The van der Waals surface area contributed by atoms with E-state index in [0.29, 0.717) is 23.1 Å². The second-order valence-electron chi connectivity index (χ2n) is 8.69. The third-order valence-corrected chi connectivity index (χ3v) is 6.21. The van der Waals surface area contributed by atoms with Crippen molar-refractivity contribution in [1.29, 1.82) is 0 Å². The van der Waals surface area contributed by atoms with E-state index >= 15 is 0 Å². The molecule has 6 heteroatoms. The molecule has 1 atom stereocenters. The Morgan fingerprint density at radius 1 is 1.03 bits per heavy atom. The molecule has 2 aromatic carbocycles. The van der Waals surface area contributed by atoms with Crippen molar-refractivity contribution in [1.82, 2.24) is 9.80 Å². The van der Waals surface area contributed by atoms with E-state index in [1.54, 1.807) is 17.0 Å². The summed E-state index contributed by atoms with van der Waals surface area (Å²) in [7, 11) is 0. The minimum atomic E-state index is -0.474. The summed E-state index contributed by atoms with van der Waals surface area (Å²) in [6, 6.07) is 14.3. The molecule has 0 bridgehead atoms. The SMILES string of the molecule is CCN(CC)CCCN1C(=O)c2oc3ccccc3c(=O)c2C1c1ccc(OC(C)C)cc1. The Labute approximate surface area is 194 Å². The fourth-order valence-corrected chi connectivity index (χ4v) is 4.55. The van der Waals surface area contributed by atoms with Gasteiger partial charge in [-0.25, -0.2) is 0 Å². The van der Waals surface area contributed by atoms with Crippen LogP contribution in [0.3, 0.4) is 0 Å². The molecule has 1 unspecified atom stereocenters. The van der Waals surface area contributed by atoms with Crippen molar-refractivity contribution in [3.63, 3.8) is 0 Å². The van der Waals surface area contributed by atoms with Gasteiger partial charge in [0.25, 0.3) is 5.91 Å². The van der Waals surface area contributed by atoms with Crippen LogP contribution in [0.4, 0.5) is 0 Å². The first-order valence-electron chi connectivity index (χ1n) is 11.8. The number of benzene rings is 2. The molecule has 0 saturated heterocycles. The number of para-hydroxylation sites is 1. The van der Waals surface area contributed by atoms with Gasteiger partial charge >= 0.3 is 0 Å². The number of ether oxygens (including phenoxy) is 1. The van der Waals surface area contributed by atoms with Crippen molar-refractivity contribution in [2.45, 2.75) is 46.3 Å². The molecule has 174 valence electrons. The van der Waals surface area contributed by atoms with Crippen LogP contribution in [0.25, 0.3) is 11.0 Å². The van der Waals surface area contributed by atoms with Crippen LogP contribution in [0.2, 0.25) is 0 Å². The minimum Gasteiger partial charge on any atom is -0.491 e. The van der Waals surface area contributed by atoms with E-state index in [1.165, 1.54) is 0 Å². The lowest BCUT2D eigenvalue weighted by Gasteiger charge is -2.27. The average Bonchev–Trinajstić information content (AvgIpc) is 3.09. The molecule has 0 saturated carbocycles. The number of carbonyl (C=O) groups excluding carboxylic acids is 1. The third kappa shape index (κ3) is 4.53. The molecule has 2 heterocycles. The first-order chi connectivity index (χ1) is 15.9. The number of fused-ring (bicyclic) bond motifs is 2. The van der Waals surface area contributed by atoms with Crippen LogP contribution in [0.15, 0.2) is 57.7 Å². The molecule has 1 amide bonds. The highest BCUT2D eigenvalue weighted by molar-refractivity contribution is 5.99. The van der Waals surface area contributed by atoms with Crippen molar-refractivity contribution < 1.29 is 13.9 Å². The molecule has 0 radical (unpaired) electrons. The lowest BCUT2D eigenvalue weighted by molar-refractivity contribution is 0.0720. The second kappa shape index (κ2) is 9.79. The van der Waals surface area contributed by atoms with Crippen LogP contribution < -0.4 is 10.2 Å². The van der Waals surface area contributed by atoms with Gasteiger partial charge in [0, 0.05) is 6.54 Å². The van der Waals surface area contributed by atoms with Gasteiger partial charge in [0.15, 0.2) is 5.43 Å². The largest absolute Gasteiger partial charge is 0.491 e. The zero-order chi connectivity index (χ0) is 23.5. The van der Waals surface area contributed by atoms with Crippen molar-refractivity contribution in [2.24, 2.45) is 0 Å². The van der Waals surface area contributed by atoms with E-state index in [-0.39, 0.29) is 23.2 Å². The van der Waals surface area contributed by atoms with Gasteiger partial charge in [-0.05, 0) is 69.7 Å². The highest BCUT2D eigenvalue weighted by Gasteiger charge is 2.42. The second-order valence-corrected chi connectivity index (χ2v) is 8.69. The molecule has 6 nitrogen and oxygen atoms in total. The summed E-state index contributed by atoms with van der Waals surface area (Å²) in [6.07, 6.45) is 0.889. The molecule has 33 heavy (non-hydrogen) atoms. The van der Waals surface area contributed by atoms with E-state index in [0.717, 1.165) is 37.4 Å². The molecule has 0 N–H and O–H groups in total. The summed E-state index contributed by atoms with van der Waals surface area (Å²) < 4.78 is 11.8. The van der Waals surface area contributed by atoms with E-state index in [2.05, 4.69) is 18.7 Å². The van der Waals surface area contributed by atoms with Gasteiger partial charge in [-0.3, -0.25) is 9.59 Å². The van der Waals surface area contributed by atoms with Crippen molar-refractivity contribution >= 4 is 16.9 Å². The molecule has 1 aliphatic rings. The normalized spacial score (nSPS) is 15.6. The van der Waals surface area contributed by atoms with E-state index < -0.39 is 6.04 Å². The number of rotatable bonds is 9. The topological polar surface area (TPSA) is 63.0 Å². The lowest BCUT2D eigenvalue weighted by Crippen LogP contribution is -2.33. The van der Waals surface area contributed by atoms with Gasteiger partial charge in [-0.2, -0.15) is 0 Å². The first-order valence-corrected chi connectivity index (χ1v) is 11.8. The molecule has 0 spiro atoms. The van der Waals surface area contributed by atoms with Crippen LogP contribution in [0.1, 0.15) is 61.8 Å². The molecular weight excluding hydrogens is 416 g/mol. The van der Waals surface area contributed by atoms with Gasteiger partial charge in [-0.15, -0.1) is 0 Å². The Morgan fingerprint density at radius 3 is 2.39 bits per heavy atom. The van der Waals surface area contributed by atoms with Crippen molar-refractivity contribution in [2.75, 3.05) is 26.2 Å². The standard InChI is InChI=1S/C27H32N2O4/c1-5-28(6-2)16-9-17-29-24(19-12-14-20(15-13-19)32-18(3)4)23-25(30)21-10-7-8-11-22(21)33-26(23)27(29)31/h7-8,10-15,18,24H,5-6,9,16-17H2,1-4H3. The van der Waals surface area contributed by atoms with Crippen LogP contribution in [-0.2, 0) is 0 Å². The zero-order valence-corrected chi connectivity index (χ0v) is 19.8. The summed E-state index contributed by atoms with van der Waals surface area (Å²) in [6.45, 7) is 11.6. The summed E-state index contributed by atoms with van der Waals surface area (Å²) in [5.74, 6) is 0.700. The molecule has 1 aliphatic heterocycles. The predicted octanol–water partition coefficient (Wildman–Crippen LogP) is 4.86. The maximum atomic E-state index is 13.5. The molecule has 1 aromatic heterocycles.